The maximum Gasteiger partial charge on any atom is 0.233 e. The Morgan fingerprint density at radius 3 is 2.81 bits per heavy atom. The number of nitrogens with zero attached hydrogens (tertiary/aromatic N) is 3. The molecule has 1 saturated heterocycles. The minimum Gasteiger partial charge on any atom is -0.376 e. The summed E-state index contributed by atoms with van der Waals surface area (Å²) >= 11 is 3.11. The van der Waals surface area contributed by atoms with E-state index >= 15 is 0 Å². The minimum atomic E-state index is -0.290. The second-order valence-corrected chi connectivity index (χ2v) is 10.3. The first-order valence-corrected chi connectivity index (χ1v) is 13.0. The SMILES string of the molecule is CCCC(NC(=O)C(C)Sc1nnc(-c2cccs2)n1CC1CCCO1)c1ccccc1. The van der Waals surface area contributed by atoms with Crippen LogP contribution in [0.1, 0.15) is 51.1 Å². The van der Waals surface area contributed by atoms with Gasteiger partial charge in [0.25, 0.3) is 0 Å². The fourth-order valence-electron chi connectivity index (χ4n) is 3.92. The molecule has 1 aliphatic rings. The van der Waals surface area contributed by atoms with Crippen molar-refractivity contribution >= 4 is 29.0 Å². The fourth-order valence-corrected chi connectivity index (χ4v) is 5.50. The van der Waals surface area contributed by atoms with E-state index in [0.29, 0.717) is 6.54 Å². The first-order chi connectivity index (χ1) is 15.7. The first kappa shape index (κ1) is 23.0. The molecule has 3 heterocycles. The van der Waals surface area contributed by atoms with Gasteiger partial charge in [0.1, 0.15) is 0 Å². The van der Waals surface area contributed by atoms with Crippen LogP contribution in [0.4, 0.5) is 0 Å². The number of thioether (sulfide) groups is 1. The van der Waals surface area contributed by atoms with Crippen LogP contribution in [0.3, 0.4) is 0 Å². The number of nitrogens with one attached hydrogen (secondary N) is 1. The highest BCUT2D eigenvalue weighted by Crippen LogP contribution is 2.31. The summed E-state index contributed by atoms with van der Waals surface area (Å²) in [6.45, 7) is 5.59. The summed E-state index contributed by atoms with van der Waals surface area (Å²) in [6.07, 6.45) is 4.20. The van der Waals surface area contributed by atoms with Crippen LogP contribution in [0.2, 0.25) is 0 Å². The summed E-state index contributed by atoms with van der Waals surface area (Å²) in [5.41, 5.74) is 1.14. The largest absolute Gasteiger partial charge is 0.376 e. The van der Waals surface area contributed by atoms with Crippen molar-refractivity contribution in [3.05, 3.63) is 53.4 Å². The highest BCUT2D eigenvalue weighted by atomic mass is 32.2. The molecule has 1 aliphatic heterocycles. The standard InChI is InChI=1S/C24H30N4O2S2/c1-3-9-20(18-10-5-4-6-11-18)25-23(29)17(2)32-24-27-26-22(21-13-8-15-31-21)28(24)16-19-12-7-14-30-19/h4-6,8,10-11,13,15,17,19-20H,3,7,9,12,14,16H2,1-2H3,(H,25,29). The van der Waals surface area contributed by atoms with Crippen molar-refractivity contribution in [1.29, 1.82) is 0 Å². The molecule has 1 aromatic carbocycles. The molecule has 1 fully saturated rings. The number of ether oxygens (including phenoxy) is 1. The van der Waals surface area contributed by atoms with Gasteiger partial charge in [-0.15, -0.1) is 21.5 Å². The Morgan fingerprint density at radius 1 is 1.28 bits per heavy atom. The van der Waals surface area contributed by atoms with Gasteiger partial charge in [-0.3, -0.25) is 9.36 Å². The molecule has 3 aromatic rings. The van der Waals surface area contributed by atoms with Crippen molar-refractivity contribution in [2.24, 2.45) is 0 Å². The van der Waals surface area contributed by atoms with Crippen molar-refractivity contribution in [3.63, 3.8) is 0 Å². The quantitative estimate of drug-likeness (QED) is 0.406. The summed E-state index contributed by atoms with van der Waals surface area (Å²) < 4.78 is 8.00. The van der Waals surface area contributed by atoms with Crippen LogP contribution in [0.15, 0.2) is 53.0 Å². The van der Waals surface area contributed by atoms with Crippen molar-refractivity contribution in [1.82, 2.24) is 20.1 Å². The molecule has 170 valence electrons. The Hall–Kier alpha value is -2.16. The molecule has 0 radical (unpaired) electrons. The number of hydrogen-bond acceptors (Lipinski definition) is 6. The van der Waals surface area contributed by atoms with E-state index in [1.54, 1.807) is 11.3 Å². The number of amides is 1. The highest BCUT2D eigenvalue weighted by Gasteiger charge is 2.26. The number of benzene rings is 1. The number of hydrogen-bond donors (Lipinski definition) is 1. The molecular weight excluding hydrogens is 440 g/mol. The van der Waals surface area contributed by atoms with E-state index in [4.69, 9.17) is 4.74 Å². The summed E-state index contributed by atoms with van der Waals surface area (Å²) in [4.78, 5) is 14.2. The predicted octanol–water partition coefficient (Wildman–Crippen LogP) is 5.32. The van der Waals surface area contributed by atoms with Crippen molar-refractivity contribution in [2.75, 3.05) is 6.61 Å². The summed E-state index contributed by atoms with van der Waals surface area (Å²) in [5, 5.41) is 14.7. The zero-order valence-corrected chi connectivity index (χ0v) is 20.2. The van der Waals surface area contributed by atoms with Crippen molar-refractivity contribution in [2.45, 2.75) is 68.6 Å². The third-order valence-corrected chi connectivity index (χ3v) is 7.56. The molecule has 0 spiro atoms. The van der Waals surface area contributed by atoms with Gasteiger partial charge in [-0.1, -0.05) is 61.5 Å². The molecule has 0 aliphatic carbocycles. The molecule has 1 amide bonds. The van der Waals surface area contributed by atoms with E-state index in [-0.39, 0.29) is 23.3 Å². The highest BCUT2D eigenvalue weighted by molar-refractivity contribution is 8.00. The molecule has 3 atom stereocenters. The second-order valence-electron chi connectivity index (χ2n) is 8.05. The zero-order valence-electron chi connectivity index (χ0n) is 18.6. The third kappa shape index (κ3) is 5.60. The number of thiophene rings is 1. The van der Waals surface area contributed by atoms with Crippen LogP contribution < -0.4 is 5.32 Å². The summed E-state index contributed by atoms with van der Waals surface area (Å²) in [5.74, 6) is 0.861. The Kier molecular flexibility index (Phi) is 8.00. The molecule has 4 rings (SSSR count). The lowest BCUT2D eigenvalue weighted by molar-refractivity contribution is -0.121. The monoisotopic (exact) mass is 470 g/mol. The molecule has 8 heteroatoms. The van der Waals surface area contributed by atoms with Gasteiger partial charge in [0, 0.05) is 6.61 Å². The smallest absolute Gasteiger partial charge is 0.233 e. The Morgan fingerprint density at radius 2 is 2.12 bits per heavy atom. The molecule has 3 unspecified atom stereocenters. The van der Waals surface area contributed by atoms with Crippen molar-refractivity contribution < 1.29 is 9.53 Å². The van der Waals surface area contributed by atoms with Gasteiger partial charge in [-0.05, 0) is 43.2 Å². The van der Waals surface area contributed by atoms with Gasteiger partial charge in [0.05, 0.1) is 28.8 Å². The third-order valence-electron chi connectivity index (χ3n) is 5.62. The van der Waals surface area contributed by atoms with Gasteiger partial charge in [0.15, 0.2) is 11.0 Å². The van der Waals surface area contributed by atoms with Gasteiger partial charge >= 0.3 is 0 Å². The minimum absolute atomic E-state index is 0.0154. The van der Waals surface area contributed by atoms with Gasteiger partial charge in [0.2, 0.25) is 5.91 Å². The Labute approximate surface area is 197 Å². The Bertz CT molecular complexity index is 985. The molecule has 2 aromatic heterocycles. The van der Waals surface area contributed by atoms with Gasteiger partial charge in [-0.25, -0.2) is 0 Å². The number of carbonyl (C=O) groups excluding carboxylic acids is 1. The van der Waals surface area contributed by atoms with E-state index in [1.165, 1.54) is 11.8 Å². The van der Waals surface area contributed by atoms with Crippen LogP contribution in [0.5, 0.6) is 0 Å². The molecule has 32 heavy (non-hydrogen) atoms. The summed E-state index contributed by atoms with van der Waals surface area (Å²) in [7, 11) is 0. The van der Waals surface area contributed by atoms with E-state index < -0.39 is 0 Å². The van der Waals surface area contributed by atoms with E-state index in [1.807, 2.05) is 36.6 Å². The predicted molar refractivity (Wildman–Crippen MR) is 130 cm³/mol. The molecule has 0 saturated carbocycles. The lowest BCUT2D eigenvalue weighted by Crippen LogP contribution is -2.34. The van der Waals surface area contributed by atoms with Crippen LogP contribution in [0.25, 0.3) is 10.7 Å². The molecule has 1 N–H and O–H groups in total. The van der Waals surface area contributed by atoms with E-state index in [9.17, 15) is 4.79 Å². The molecule has 6 nitrogen and oxygen atoms in total. The lowest BCUT2D eigenvalue weighted by Gasteiger charge is -2.21. The number of rotatable bonds is 10. The second kappa shape index (κ2) is 11.1. The topological polar surface area (TPSA) is 69.0 Å². The lowest BCUT2D eigenvalue weighted by atomic mass is 10.0. The Balaban J connectivity index is 1.49. The van der Waals surface area contributed by atoms with E-state index in [2.05, 4.69) is 45.2 Å². The van der Waals surface area contributed by atoms with Gasteiger partial charge in [-0.2, -0.15) is 0 Å². The molecular formula is C24H30N4O2S2. The average molecular weight is 471 g/mol. The van der Waals surface area contributed by atoms with Crippen LogP contribution in [-0.4, -0.2) is 38.6 Å². The average Bonchev–Trinajstić information content (AvgIpc) is 3.57. The van der Waals surface area contributed by atoms with Crippen LogP contribution in [0, 0.1) is 0 Å². The number of carbonyl (C=O) groups is 1. The zero-order chi connectivity index (χ0) is 22.3. The normalized spacial score (nSPS) is 17.9. The number of aromatic nitrogens is 3. The van der Waals surface area contributed by atoms with E-state index in [0.717, 1.165) is 53.7 Å². The van der Waals surface area contributed by atoms with Crippen LogP contribution >= 0.6 is 23.1 Å². The fraction of sp³-hybridized carbons (Fsp3) is 0.458. The van der Waals surface area contributed by atoms with Crippen molar-refractivity contribution in [3.8, 4) is 10.7 Å². The maximum atomic E-state index is 13.1. The van der Waals surface area contributed by atoms with Crippen LogP contribution in [-0.2, 0) is 16.1 Å². The maximum absolute atomic E-state index is 13.1. The van der Waals surface area contributed by atoms with Gasteiger partial charge < -0.3 is 10.1 Å². The summed E-state index contributed by atoms with van der Waals surface area (Å²) in [6, 6.07) is 14.3. The molecule has 0 bridgehead atoms. The first-order valence-electron chi connectivity index (χ1n) is 11.3.